The van der Waals surface area contributed by atoms with Gasteiger partial charge in [-0.1, -0.05) is 30.3 Å². The average molecular weight is 342 g/mol. The van der Waals surface area contributed by atoms with Gasteiger partial charge in [-0.3, -0.25) is 4.79 Å². The third-order valence-corrected chi connectivity index (χ3v) is 4.72. The summed E-state index contributed by atoms with van der Waals surface area (Å²) >= 11 is 0. The Hall–Kier alpha value is -2.40. The van der Waals surface area contributed by atoms with Gasteiger partial charge in [0, 0.05) is 31.7 Å². The number of nitrogens with one attached hydrogen (secondary N) is 1. The number of phenolic OH excluding ortho intramolecular Hbond substituents is 1. The Morgan fingerprint density at radius 2 is 1.84 bits per heavy atom. The molecule has 2 N–H and O–H groups in total. The number of para-hydroxylation sites is 1. The molecule has 1 aliphatic rings. The van der Waals surface area contributed by atoms with Gasteiger partial charge in [-0.05, 0) is 42.7 Å². The van der Waals surface area contributed by atoms with Crippen molar-refractivity contribution < 1.29 is 14.3 Å². The molecule has 0 aliphatic carbocycles. The van der Waals surface area contributed by atoms with Crippen molar-refractivity contribution in [3.63, 3.8) is 0 Å². The number of piperidine rings is 1. The fourth-order valence-corrected chi connectivity index (χ4v) is 3.21. The lowest BCUT2D eigenvalue weighted by Crippen LogP contribution is -2.41. The van der Waals surface area contributed by atoms with Crippen LogP contribution in [0, 0.1) is 0 Å². The summed E-state index contributed by atoms with van der Waals surface area (Å²) in [5.74, 6) is 0.0609. The Balaban J connectivity index is 1.47. The summed E-state index contributed by atoms with van der Waals surface area (Å²) in [4.78, 5) is 14.1. The van der Waals surface area contributed by atoms with E-state index in [0.717, 1.165) is 5.69 Å². The van der Waals surface area contributed by atoms with Crippen LogP contribution in [0.2, 0.25) is 0 Å². The highest BCUT2D eigenvalue weighted by atomic mass is 19.1. The number of anilines is 1. The van der Waals surface area contributed by atoms with E-state index in [1.54, 1.807) is 18.2 Å². The summed E-state index contributed by atoms with van der Waals surface area (Å²) in [6, 6.07) is 15.8. The van der Waals surface area contributed by atoms with Gasteiger partial charge in [-0.15, -0.1) is 0 Å². The van der Waals surface area contributed by atoms with Crippen molar-refractivity contribution in [2.75, 3.05) is 25.0 Å². The number of phenols is 1. The van der Waals surface area contributed by atoms with Crippen LogP contribution < -0.4 is 5.32 Å². The van der Waals surface area contributed by atoms with E-state index < -0.39 is 5.67 Å². The van der Waals surface area contributed by atoms with Crippen LogP contribution in [0.5, 0.6) is 5.75 Å². The summed E-state index contributed by atoms with van der Waals surface area (Å²) in [6.07, 6.45) is 1.13. The van der Waals surface area contributed by atoms with Crippen molar-refractivity contribution in [3.8, 4) is 5.75 Å². The highest BCUT2D eigenvalue weighted by Gasteiger charge is 2.36. The minimum absolute atomic E-state index is 0.0312. The predicted molar refractivity (Wildman–Crippen MR) is 96.3 cm³/mol. The van der Waals surface area contributed by atoms with Crippen molar-refractivity contribution in [3.05, 3.63) is 60.2 Å². The number of hydrogen-bond donors (Lipinski definition) is 2. The van der Waals surface area contributed by atoms with Crippen LogP contribution in [0.3, 0.4) is 0 Å². The van der Waals surface area contributed by atoms with Crippen LogP contribution in [-0.2, 0) is 10.5 Å². The number of benzene rings is 2. The lowest BCUT2D eigenvalue weighted by molar-refractivity contribution is -0.116. The average Bonchev–Trinajstić information content (AvgIpc) is 2.62. The maximum absolute atomic E-state index is 15.1. The van der Waals surface area contributed by atoms with Crippen LogP contribution in [0.15, 0.2) is 54.6 Å². The zero-order valence-corrected chi connectivity index (χ0v) is 14.1. The van der Waals surface area contributed by atoms with Crippen molar-refractivity contribution in [1.82, 2.24) is 4.90 Å². The Kier molecular flexibility index (Phi) is 5.34. The molecule has 1 amide bonds. The van der Waals surface area contributed by atoms with Crippen molar-refractivity contribution in [2.45, 2.75) is 24.9 Å². The molecule has 2 aromatic carbocycles. The minimum atomic E-state index is -1.40. The van der Waals surface area contributed by atoms with E-state index >= 15 is 4.39 Å². The molecule has 2 aromatic rings. The first kappa shape index (κ1) is 17.4. The Labute approximate surface area is 147 Å². The molecule has 0 aromatic heterocycles. The Bertz CT molecular complexity index is 713. The zero-order chi connectivity index (χ0) is 17.7. The number of amides is 1. The molecule has 132 valence electrons. The summed E-state index contributed by atoms with van der Waals surface area (Å²) in [5.41, 5.74) is -0.0755. The Morgan fingerprint density at radius 1 is 1.12 bits per heavy atom. The molecular formula is C20H23FN2O2. The zero-order valence-electron chi connectivity index (χ0n) is 14.1. The molecule has 1 heterocycles. The van der Waals surface area contributed by atoms with Crippen LogP contribution in [0.1, 0.15) is 24.8 Å². The number of likely N-dealkylation sites (tertiary alicyclic amines) is 1. The quantitative estimate of drug-likeness (QED) is 0.871. The molecular weight excluding hydrogens is 319 g/mol. The number of nitrogens with zero attached hydrogens (tertiary/aromatic N) is 1. The number of rotatable bonds is 5. The second kappa shape index (κ2) is 7.66. The molecule has 1 fully saturated rings. The lowest BCUT2D eigenvalue weighted by atomic mass is 9.86. The smallest absolute Gasteiger partial charge is 0.225 e. The van der Waals surface area contributed by atoms with Crippen LogP contribution in [-0.4, -0.2) is 35.5 Å². The second-order valence-corrected chi connectivity index (χ2v) is 6.52. The Morgan fingerprint density at radius 3 is 2.52 bits per heavy atom. The van der Waals surface area contributed by atoms with E-state index in [1.165, 1.54) is 6.07 Å². The number of aromatic hydroxyl groups is 1. The molecule has 0 bridgehead atoms. The molecule has 0 saturated carbocycles. The maximum Gasteiger partial charge on any atom is 0.225 e. The largest absolute Gasteiger partial charge is 0.508 e. The van der Waals surface area contributed by atoms with Gasteiger partial charge >= 0.3 is 0 Å². The molecule has 0 unspecified atom stereocenters. The van der Waals surface area contributed by atoms with Crippen LogP contribution >= 0.6 is 0 Å². The summed E-state index contributed by atoms with van der Waals surface area (Å²) in [5, 5.41) is 12.4. The second-order valence-electron chi connectivity index (χ2n) is 6.52. The summed E-state index contributed by atoms with van der Waals surface area (Å²) < 4.78 is 15.1. The molecule has 1 saturated heterocycles. The SMILES string of the molecule is O=C(CCN1CCC(F)(c2cccc(O)c2)CC1)Nc1ccccc1. The number of halogens is 1. The van der Waals surface area contributed by atoms with E-state index in [0.29, 0.717) is 44.5 Å². The van der Waals surface area contributed by atoms with Gasteiger partial charge in [0.25, 0.3) is 0 Å². The van der Waals surface area contributed by atoms with Gasteiger partial charge in [0.15, 0.2) is 0 Å². The summed E-state index contributed by atoms with van der Waals surface area (Å²) in [7, 11) is 0. The highest BCUT2D eigenvalue weighted by molar-refractivity contribution is 5.90. The molecule has 0 spiro atoms. The fourth-order valence-electron chi connectivity index (χ4n) is 3.21. The third-order valence-electron chi connectivity index (χ3n) is 4.72. The van der Waals surface area contributed by atoms with Gasteiger partial charge in [0.1, 0.15) is 11.4 Å². The molecule has 0 radical (unpaired) electrons. The van der Waals surface area contributed by atoms with Gasteiger partial charge in [-0.2, -0.15) is 0 Å². The van der Waals surface area contributed by atoms with Crippen molar-refractivity contribution in [1.29, 1.82) is 0 Å². The van der Waals surface area contributed by atoms with Crippen LogP contribution in [0.4, 0.5) is 10.1 Å². The molecule has 3 rings (SSSR count). The number of carbonyl (C=O) groups excluding carboxylic acids is 1. The maximum atomic E-state index is 15.1. The van der Waals surface area contributed by atoms with Gasteiger partial charge < -0.3 is 15.3 Å². The number of hydrogen-bond acceptors (Lipinski definition) is 3. The minimum Gasteiger partial charge on any atom is -0.508 e. The van der Waals surface area contributed by atoms with Gasteiger partial charge in [0.2, 0.25) is 5.91 Å². The van der Waals surface area contributed by atoms with Gasteiger partial charge in [-0.25, -0.2) is 4.39 Å². The molecule has 25 heavy (non-hydrogen) atoms. The third kappa shape index (κ3) is 4.57. The van der Waals surface area contributed by atoms with Gasteiger partial charge in [0.05, 0.1) is 0 Å². The van der Waals surface area contributed by atoms with E-state index in [2.05, 4.69) is 10.2 Å². The highest BCUT2D eigenvalue weighted by Crippen LogP contribution is 2.38. The lowest BCUT2D eigenvalue weighted by Gasteiger charge is -2.36. The van der Waals surface area contributed by atoms with Crippen LogP contribution in [0.25, 0.3) is 0 Å². The molecule has 4 nitrogen and oxygen atoms in total. The molecule has 0 atom stereocenters. The first-order valence-corrected chi connectivity index (χ1v) is 8.61. The first-order valence-electron chi connectivity index (χ1n) is 8.61. The topological polar surface area (TPSA) is 52.6 Å². The monoisotopic (exact) mass is 342 g/mol. The fraction of sp³-hybridized carbons (Fsp3) is 0.350. The summed E-state index contributed by atoms with van der Waals surface area (Å²) in [6.45, 7) is 1.82. The van der Waals surface area contributed by atoms with Crippen molar-refractivity contribution in [2.24, 2.45) is 0 Å². The number of alkyl halides is 1. The van der Waals surface area contributed by atoms with Crippen molar-refractivity contribution >= 4 is 11.6 Å². The predicted octanol–water partition coefficient (Wildman–Crippen LogP) is 3.68. The van der Waals surface area contributed by atoms with E-state index in [4.69, 9.17) is 0 Å². The van der Waals surface area contributed by atoms with E-state index in [9.17, 15) is 9.90 Å². The van der Waals surface area contributed by atoms with E-state index in [-0.39, 0.29) is 11.7 Å². The number of carbonyl (C=O) groups is 1. The van der Waals surface area contributed by atoms with E-state index in [1.807, 2.05) is 30.3 Å². The molecule has 1 aliphatic heterocycles. The molecule has 5 heteroatoms. The standard InChI is InChI=1S/C20H23FN2O2/c21-20(16-5-4-8-18(24)15-16)10-13-23(14-11-20)12-9-19(25)22-17-6-2-1-3-7-17/h1-8,15,24H,9-14H2,(H,22,25). The normalized spacial score (nSPS) is 17.2. The first-order chi connectivity index (χ1) is 12.0.